The van der Waals surface area contributed by atoms with Gasteiger partial charge in [0.2, 0.25) is 0 Å². The lowest BCUT2D eigenvalue weighted by Gasteiger charge is -2.15. The zero-order valence-corrected chi connectivity index (χ0v) is 12.6. The van der Waals surface area contributed by atoms with Gasteiger partial charge in [-0.15, -0.1) is 11.3 Å². The predicted octanol–water partition coefficient (Wildman–Crippen LogP) is 3.10. The van der Waals surface area contributed by atoms with Crippen LogP contribution in [0, 0.1) is 6.92 Å². The molecular formula is C16H19NO2S. The zero-order valence-electron chi connectivity index (χ0n) is 11.8. The molecule has 0 bridgehead atoms. The van der Waals surface area contributed by atoms with E-state index >= 15 is 0 Å². The first-order valence-corrected chi connectivity index (χ1v) is 7.41. The van der Waals surface area contributed by atoms with E-state index in [-0.39, 0.29) is 11.9 Å². The first-order chi connectivity index (χ1) is 9.70. The molecule has 20 heavy (non-hydrogen) atoms. The lowest BCUT2D eigenvalue weighted by molar-refractivity contribution is -0.142. The molecule has 1 aromatic heterocycles. The average molecular weight is 289 g/mol. The molecule has 3 nitrogen and oxygen atoms in total. The number of hydrogen-bond acceptors (Lipinski definition) is 4. The van der Waals surface area contributed by atoms with Crippen LogP contribution in [0.5, 0.6) is 0 Å². The lowest BCUT2D eigenvalue weighted by Crippen LogP contribution is -2.27. The fourth-order valence-electron chi connectivity index (χ4n) is 2.08. The van der Waals surface area contributed by atoms with Crippen molar-refractivity contribution in [2.24, 2.45) is 0 Å². The fourth-order valence-corrected chi connectivity index (χ4v) is 2.94. The van der Waals surface area contributed by atoms with Crippen LogP contribution in [0.2, 0.25) is 0 Å². The molecule has 0 saturated carbocycles. The summed E-state index contributed by atoms with van der Waals surface area (Å²) in [5, 5.41) is 3.34. The van der Waals surface area contributed by atoms with Crippen molar-refractivity contribution in [3.05, 3.63) is 57.8 Å². The van der Waals surface area contributed by atoms with Crippen LogP contribution >= 0.6 is 11.3 Å². The van der Waals surface area contributed by atoms with Crippen molar-refractivity contribution in [1.82, 2.24) is 5.32 Å². The Kier molecular flexibility index (Phi) is 5.32. The highest BCUT2D eigenvalue weighted by Crippen LogP contribution is 2.18. The maximum atomic E-state index is 11.9. The van der Waals surface area contributed by atoms with Crippen LogP contribution in [0.1, 0.15) is 21.2 Å². The molecule has 106 valence electrons. The number of hydrogen-bond donors (Lipinski definition) is 1. The number of carbonyl (C=O) groups excluding carboxylic acids is 1. The van der Waals surface area contributed by atoms with Crippen molar-refractivity contribution >= 4 is 17.3 Å². The highest BCUT2D eigenvalue weighted by atomic mass is 32.1. The van der Waals surface area contributed by atoms with Gasteiger partial charge in [0.1, 0.15) is 0 Å². The molecule has 0 radical (unpaired) electrons. The highest BCUT2D eigenvalue weighted by Gasteiger charge is 2.20. The molecule has 0 aliphatic carbocycles. The van der Waals surface area contributed by atoms with Gasteiger partial charge in [-0.2, -0.15) is 0 Å². The smallest absolute Gasteiger partial charge is 0.314 e. The van der Waals surface area contributed by atoms with Crippen LogP contribution in [0.25, 0.3) is 0 Å². The van der Waals surface area contributed by atoms with Gasteiger partial charge >= 0.3 is 5.97 Å². The average Bonchev–Trinajstić information content (AvgIpc) is 2.89. The van der Waals surface area contributed by atoms with Crippen molar-refractivity contribution in [1.29, 1.82) is 0 Å². The van der Waals surface area contributed by atoms with Crippen LogP contribution in [0.3, 0.4) is 0 Å². The van der Waals surface area contributed by atoms with E-state index in [1.54, 1.807) is 11.3 Å². The minimum Gasteiger partial charge on any atom is -0.469 e. The number of carbonyl (C=O) groups is 1. The van der Waals surface area contributed by atoms with Crippen molar-refractivity contribution in [3.63, 3.8) is 0 Å². The van der Waals surface area contributed by atoms with Gasteiger partial charge < -0.3 is 10.1 Å². The molecule has 4 heteroatoms. The standard InChI is InChI=1S/C16H19NO2S/c1-12-8-9-14(20-12)10-17-11-15(16(18)19-2)13-6-4-3-5-7-13/h3-9,15,17H,10-11H2,1-2H3. The van der Waals surface area contributed by atoms with Gasteiger partial charge in [0.25, 0.3) is 0 Å². The van der Waals surface area contributed by atoms with Crippen molar-refractivity contribution < 1.29 is 9.53 Å². The molecule has 1 aromatic carbocycles. The van der Waals surface area contributed by atoms with Gasteiger partial charge in [-0.05, 0) is 24.6 Å². The van der Waals surface area contributed by atoms with Crippen molar-refractivity contribution in [2.45, 2.75) is 19.4 Å². The Hall–Kier alpha value is -1.65. The minimum absolute atomic E-state index is 0.203. The quantitative estimate of drug-likeness (QED) is 0.830. The Balaban J connectivity index is 1.96. The number of nitrogens with one attached hydrogen (secondary N) is 1. The minimum atomic E-state index is -0.262. The molecule has 2 rings (SSSR count). The summed E-state index contributed by atoms with van der Waals surface area (Å²) in [6.45, 7) is 3.45. The number of rotatable bonds is 6. The van der Waals surface area contributed by atoms with Gasteiger partial charge in [-0.25, -0.2) is 0 Å². The topological polar surface area (TPSA) is 38.3 Å². The summed E-state index contributed by atoms with van der Waals surface area (Å²) in [7, 11) is 1.43. The molecule has 0 spiro atoms. The molecule has 1 N–H and O–H groups in total. The van der Waals surface area contributed by atoms with Gasteiger partial charge in [0.05, 0.1) is 13.0 Å². The van der Waals surface area contributed by atoms with Gasteiger partial charge in [0, 0.05) is 22.8 Å². The molecule has 1 heterocycles. The number of benzene rings is 1. The van der Waals surface area contributed by atoms with Crippen LogP contribution in [0.4, 0.5) is 0 Å². The summed E-state index contributed by atoms with van der Waals surface area (Å²) >= 11 is 1.77. The van der Waals surface area contributed by atoms with Crippen LogP contribution in [-0.2, 0) is 16.1 Å². The molecule has 0 saturated heterocycles. The summed E-state index contributed by atoms with van der Waals surface area (Å²) in [4.78, 5) is 14.5. The van der Waals surface area contributed by atoms with E-state index in [1.807, 2.05) is 30.3 Å². The second-order valence-corrected chi connectivity index (χ2v) is 6.00. The summed E-state index contributed by atoms with van der Waals surface area (Å²) in [5.41, 5.74) is 0.981. The third kappa shape index (κ3) is 3.92. The van der Waals surface area contributed by atoms with Gasteiger partial charge in [-0.3, -0.25) is 4.79 Å². The maximum Gasteiger partial charge on any atom is 0.314 e. The van der Waals surface area contributed by atoms with E-state index in [4.69, 9.17) is 4.74 Å². The first-order valence-electron chi connectivity index (χ1n) is 6.59. The normalized spacial score (nSPS) is 12.1. The van der Waals surface area contributed by atoms with E-state index in [1.165, 1.54) is 16.9 Å². The molecule has 2 aromatic rings. The maximum absolute atomic E-state index is 11.9. The molecule has 1 atom stereocenters. The van der Waals surface area contributed by atoms with E-state index in [0.29, 0.717) is 6.54 Å². The van der Waals surface area contributed by atoms with E-state index in [2.05, 4.69) is 24.4 Å². The summed E-state index contributed by atoms with van der Waals surface area (Å²) < 4.78 is 4.90. The second-order valence-electron chi connectivity index (χ2n) is 4.63. The molecule has 0 fully saturated rings. The Morgan fingerprint density at radius 3 is 2.60 bits per heavy atom. The first kappa shape index (κ1) is 14.8. The lowest BCUT2D eigenvalue weighted by atomic mass is 9.99. The third-order valence-corrected chi connectivity index (χ3v) is 4.13. The third-order valence-electron chi connectivity index (χ3n) is 3.13. The van der Waals surface area contributed by atoms with E-state index in [9.17, 15) is 4.79 Å². The molecule has 1 unspecified atom stereocenters. The van der Waals surface area contributed by atoms with E-state index < -0.39 is 0 Å². The number of aryl methyl sites for hydroxylation is 1. The molecule has 0 amide bonds. The van der Waals surface area contributed by atoms with Crippen LogP contribution in [0.15, 0.2) is 42.5 Å². The molecular weight excluding hydrogens is 270 g/mol. The van der Waals surface area contributed by atoms with Gasteiger partial charge in [0.15, 0.2) is 0 Å². The second kappa shape index (κ2) is 7.22. The van der Waals surface area contributed by atoms with Crippen molar-refractivity contribution in [3.8, 4) is 0 Å². The predicted molar refractivity (Wildman–Crippen MR) is 82.0 cm³/mol. The monoisotopic (exact) mass is 289 g/mol. The number of thiophene rings is 1. The summed E-state index contributed by atoms with van der Waals surface area (Å²) in [6.07, 6.45) is 0. The SMILES string of the molecule is COC(=O)C(CNCc1ccc(C)s1)c1ccccc1. The zero-order chi connectivity index (χ0) is 14.4. The number of methoxy groups -OCH3 is 1. The Morgan fingerprint density at radius 1 is 1.25 bits per heavy atom. The Morgan fingerprint density at radius 2 is 2.00 bits per heavy atom. The number of ether oxygens (including phenoxy) is 1. The summed E-state index contributed by atoms with van der Waals surface area (Å²) in [6, 6.07) is 14.0. The van der Waals surface area contributed by atoms with E-state index in [0.717, 1.165) is 12.1 Å². The highest BCUT2D eigenvalue weighted by molar-refractivity contribution is 7.11. The summed E-state index contributed by atoms with van der Waals surface area (Å²) in [5.74, 6) is -0.465. The largest absolute Gasteiger partial charge is 0.469 e. The molecule has 0 aliphatic heterocycles. The van der Waals surface area contributed by atoms with Crippen LogP contribution in [-0.4, -0.2) is 19.6 Å². The fraction of sp³-hybridized carbons (Fsp3) is 0.312. The van der Waals surface area contributed by atoms with Gasteiger partial charge in [-0.1, -0.05) is 30.3 Å². The number of esters is 1. The Labute approximate surface area is 123 Å². The molecule has 0 aliphatic rings. The van der Waals surface area contributed by atoms with Crippen molar-refractivity contribution in [2.75, 3.05) is 13.7 Å². The Bertz CT molecular complexity index is 551. The van der Waals surface area contributed by atoms with Crippen LogP contribution < -0.4 is 5.32 Å².